The summed E-state index contributed by atoms with van der Waals surface area (Å²) in [7, 11) is 0. The van der Waals surface area contributed by atoms with E-state index in [1.165, 1.54) is 70.6 Å². The number of halogens is 4. The van der Waals surface area contributed by atoms with E-state index in [0.717, 1.165) is 49.5 Å². The molecular formula is C44H54F4. The van der Waals surface area contributed by atoms with E-state index in [2.05, 4.69) is 13.0 Å². The van der Waals surface area contributed by atoms with Crippen LogP contribution in [0.2, 0.25) is 0 Å². The molecule has 2 aliphatic carbocycles. The molecular weight excluding hydrogens is 604 g/mol. The molecule has 1 unspecified atom stereocenters. The highest BCUT2D eigenvalue weighted by Crippen LogP contribution is 2.43. The van der Waals surface area contributed by atoms with E-state index in [1.807, 2.05) is 19.1 Å². The number of hydrogen-bond donors (Lipinski definition) is 0. The van der Waals surface area contributed by atoms with Gasteiger partial charge < -0.3 is 0 Å². The molecule has 0 radical (unpaired) electrons. The van der Waals surface area contributed by atoms with Crippen LogP contribution in [0.4, 0.5) is 17.6 Å². The lowest BCUT2D eigenvalue weighted by molar-refractivity contribution is 0.187. The average molecular weight is 659 g/mol. The first-order chi connectivity index (χ1) is 23.4. The van der Waals surface area contributed by atoms with Crippen molar-refractivity contribution in [3.8, 4) is 22.3 Å². The molecule has 1 atom stereocenters. The number of aryl methyl sites for hydroxylation is 1. The Kier molecular flexibility index (Phi) is 13.6. The maximum atomic E-state index is 15.5. The van der Waals surface area contributed by atoms with Gasteiger partial charge in [0, 0.05) is 16.7 Å². The van der Waals surface area contributed by atoms with Crippen LogP contribution in [0, 0.1) is 41.0 Å². The smallest absolute Gasteiger partial charge is 0.167 e. The van der Waals surface area contributed by atoms with Crippen molar-refractivity contribution in [1.82, 2.24) is 0 Å². The summed E-state index contributed by atoms with van der Waals surface area (Å²) in [5, 5.41) is 0. The van der Waals surface area contributed by atoms with Crippen LogP contribution in [0.25, 0.3) is 27.8 Å². The van der Waals surface area contributed by atoms with Gasteiger partial charge in [-0.05, 0) is 98.3 Å². The summed E-state index contributed by atoms with van der Waals surface area (Å²) in [6, 6.07) is 13.1. The fraction of sp³-hybridized carbons (Fsp3) is 0.500. The highest BCUT2D eigenvalue weighted by atomic mass is 19.2. The van der Waals surface area contributed by atoms with E-state index in [9.17, 15) is 4.39 Å². The molecule has 0 aromatic heterocycles. The third kappa shape index (κ3) is 9.10. The Hall–Kier alpha value is -3.14. The summed E-state index contributed by atoms with van der Waals surface area (Å²) < 4.78 is 60.8. The van der Waals surface area contributed by atoms with Crippen LogP contribution in [-0.2, 0) is 6.42 Å². The van der Waals surface area contributed by atoms with Gasteiger partial charge in [-0.15, -0.1) is 0 Å². The molecule has 0 nitrogen and oxygen atoms in total. The first-order valence-corrected chi connectivity index (χ1v) is 18.8. The quantitative estimate of drug-likeness (QED) is 0.0866. The zero-order valence-electron chi connectivity index (χ0n) is 29.1. The second kappa shape index (κ2) is 18.0. The van der Waals surface area contributed by atoms with Crippen molar-refractivity contribution in [3.63, 3.8) is 0 Å². The van der Waals surface area contributed by atoms with Crippen LogP contribution in [0.3, 0.4) is 0 Å². The van der Waals surface area contributed by atoms with Crippen LogP contribution in [0.15, 0.2) is 66.8 Å². The molecule has 0 bridgehead atoms. The third-order valence-corrected chi connectivity index (χ3v) is 11.1. The normalized spacial score (nSPS) is 20.0. The molecule has 4 heteroatoms. The number of hydrogen-bond acceptors (Lipinski definition) is 0. The SMILES string of the molecule is C/C=C\CCCc1ccc(-c2ccc(-c3ccc(C4=CCC(C5CCC(CCCCCCCC)CC5)CC4)c(F)c3F)cc2)c(F)c1F. The van der Waals surface area contributed by atoms with E-state index in [1.54, 1.807) is 48.5 Å². The molecule has 0 heterocycles. The molecule has 0 amide bonds. The number of benzene rings is 3. The maximum absolute atomic E-state index is 15.5. The van der Waals surface area contributed by atoms with E-state index in [-0.39, 0.29) is 11.1 Å². The molecule has 1 saturated carbocycles. The van der Waals surface area contributed by atoms with Gasteiger partial charge in [-0.2, -0.15) is 0 Å². The minimum Gasteiger partial charge on any atom is -0.203 e. The molecule has 0 aliphatic heterocycles. The van der Waals surface area contributed by atoms with Crippen LogP contribution in [0.5, 0.6) is 0 Å². The van der Waals surface area contributed by atoms with E-state index in [0.29, 0.717) is 34.6 Å². The second-order valence-electron chi connectivity index (χ2n) is 14.3. The summed E-state index contributed by atoms with van der Waals surface area (Å²) in [4.78, 5) is 0. The van der Waals surface area contributed by atoms with Crippen LogP contribution < -0.4 is 0 Å². The number of rotatable bonds is 15. The summed E-state index contributed by atoms with van der Waals surface area (Å²) in [5.74, 6) is -1.09. The molecule has 3 aromatic rings. The Morgan fingerprint density at radius 3 is 1.88 bits per heavy atom. The van der Waals surface area contributed by atoms with E-state index < -0.39 is 23.3 Å². The van der Waals surface area contributed by atoms with Crippen molar-refractivity contribution in [2.75, 3.05) is 0 Å². The standard InChI is InChI=1S/C44H54F4/c1-3-5-7-9-10-11-13-31-15-17-32(18-16-31)33-19-21-34(22-20-33)39-29-30-40(44(48)43(39)47)36-25-23-35(24-26-36)38-28-27-37(41(45)42(38)46)14-12-8-6-4-2/h4,6,21,23-33H,3,5,7-20,22H2,1-2H3/b6-4-. The first kappa shape index (κ1) is 36.1. The summed E-state index contributed by atoms with van der Waals surface area (Å²) in [6.45, 7) is 4.20. The lowest BCUT2D eigenvalue weighted by Gasteiger charge is -2.35. The average Bonchev–Trinajstić information content (AvgIpc) is 3.12. The molecule has 0 spiro atoms. The van der Waals surface area contributed by atoms with Crippen molar-refractivity contribution < 1.29 is 17.6 Å². The van der Waals surface area contributed by atoms with Crippen LogP contribution in [0.1, 0.15) is 128 Å². The van der Waals surface area contributed by atoms with Crippen molar-refractivity contribution in [3.05, 3.63) is 101 Å². The molecule has 0 saturated heterocycles. The fourth-order valence-electron chi connectivity index (χ4n) is 8.12. The molecule has 5 rings (SSSR count). The second-order valence-corrected chi connectivity index (χ2v) is 14.3. The topological polar surface area (TPSA) is 0 Å². The minimum absolute atomic E-state index is 0.155. The van der Waals surface area contributed by atoms with Crippen LogP contribution in [-0.4, -0.2) is 0 Å². The zero-order chi connectivity index (χ0) is 33.9. The summed E-state index contributed by atoms with van der Waals surface area (Å²) in [5.41, 5.74) is 2.93. The highest BCUT2D eigenvalue weighted by Gasteiger charge is 2.29. The van der Waals surface area contributed by atoms with Crippen molar-refractivity contribution in [1.29, 1.82) is 0 Å². The number of allylic oxidation sites excluding steroid dienone is 4. The molecule has 1 fully saturated rings. The van der Waals surface area contributed by atoms with E-state index >= 15 is 13.2 Å². The third-order valence-electron chi connectivity index (χ3n) is 11.1. The molecule has 3 aromatic carbocycles. The Bertz CT molecular complexity index is 1520. The molecule has 2 aliphatic rings. The molecule has 0 N–H and O–H groups in total. The Morgan fingerprint density at radius 2 is 1.23 bits per heavy atom. The Balaban J connectivity index is 1.17. The van der Waals surface area contributed by atoms with Gasteiger partial charge in [0.1, 0.15) is 0 Å². The van der Waals surface area contributed by atoms with Gasteiger partial charge in [0.15, 0.2) is 23.3 Å². The van der Waals surface area contributed by atoms with Crippen molar-refractivity contribution in [2.45, 2.75) is 123 Å². The van der Waals surface area contributed by atoms with Gasteiger partial charge in [0.05, 0.1) is 0 Å². The van der Waals surface area contributed by atoms with Gasteiger partial charge in [-0.3, -0.25) is 0 Å². The largest absolute Gasteiger partial charge is 0.203 e. The Morgan fingerprint density at radius 1 is 0.625 bits per heavy atom. The molecule has 48 heavy (non-hydrogen) atoms. The predicted octanol–water partition coefficient (Wildman–Crippen LogP) is 14.2. The lowest BCUT2D eigenvalue weighted by Crippen LogP contribution is -2.23. The lowest BCUT2D eigenvalue weighted by atomic mass is 9.70. The van der Waals surface area contributed by atoms with Gasteiger partial charge in [0.25, 0.3) is 0 Å². The monoisotopic (exact) mass is 658 g/mol. The van der Waals surface area contributed by atoms with Gasteiger partial charge >= 0.3 is 0 Å². The van der Waals surface area contributed by atoms with Gasteiger partial charge in [-0.25, -0.2) is 17.6 Å². The summed E-state index contributed by atoms with van der Waals surface area (Å²) >= 11 is 0. The van der Waals surface area contributed by atoms with Crippen molar-refractivity contribution >= 4 is 5.57 Å². The maximum Gasteiger partial charge on any atom is 0.167 e. The number of unbranched alkanes of at least 4 members (excludes halogenated alkanes) is 6. The van der Waals surface area contributed by atoms with E-state index in [4.69, 9.17) is 0 Å². The Labute approximate surface area is 286 Å². The molecule has 258 valence electrons. The van der Waals surface area contributed by atoms with Crippen molar-refractivity contribution in [2.24, 2.45) is 17.8 Å². The van der Waals surface area contributed by atoms with Gasteiger partial charge in [0.2, 0.25) is 0 Å². The van der Waals surface area contributed by atoms with Crippen LogP contribution >= 0.6 is 0 Å². The fourth-order valence-corrected chi connectivity index (χ4v) is 8.12. The predicted molar refractivity (Wildman–Crippen MR) is 194 cm³/mol. The first-order valence-electron chi connectivity index (χ1n) is 18.8. The zero-order valence-corrected chi connectivity index (χ0v) is 29.1. The highest BCUT2D eigenvalue weighted by molar-refractivity contribution is 5.74. The van der Waals surface area contributed by atoms with Gasteiger partial charge in [-0.1, -0.05) is 131 Å². The summed E-state index contributed by atoms with van der Waals surface area (Å²) in [6.07, 6.45) is 25.8. The minimum atomic E-state index is -0.882.